The van der Waals surface area contributed by atoms with E-state index in [1.54, 1.807) is 6.07 Å². The van der Waals surface area contributed by atoms with E-state index in [0.717, 1.165) is 24.1 Å². The third-order valence-electron chi connectivity index (χ3n) is 4.24. The first kappa shape index (κ1) is 11.7. The minimum Gasteiger partial charge on any atom is -0.364 e. The standard InChI is InChI=1S/C15H18FNO/c1-10-5-6-11(16)7-15(10)17-12-3-2-4-13(17)9-14(18)8-12/h5-7,12-13H,2-4,8-9H2,1H3. The summed E-state index contributed by atoms with van der Waals surface area (Å²) in [5.41, 5.74) is 2.08. The van der Waals surface area contributed by atoms with Gasteiger partial charge in [-0.3, -0.25) is 4.79 Å². The van der Waals surface area contributed by atoms with Crippen LogP contribution in [0.15, 0.2) is 18.2 Å². The number of anilines is 1. The van der Waals surface area contributed by atoms with Crippen molar-refractivity contribution in [2.45, 2.75) is 51.1 Å². The number of carbonyl (C=O) groups is 1. The maximum Gasteiger partial charge on any atom is 0.137 e. The molecule has 2 heterocycles. The molecule has 1 aromatic rings. The number of fused-ring (bicyclic) bond motifs is 2. The van der Waals surface area contributed by atoms with Crippen LogP contribution < -0.4 is 4.90 Å². The fourth-order valence-electron chi connectivity index (χ4n) is 3.43. The maximum absolute atomic E-state index is 13.5. The Bertz CT molecular complexity index is 469. The summed E-state index contributed by atoms with van der Waals surface area (Å²) in [7, 11) is 0. The lowest BCUT2D eigenvalue weighted by Gasteiger charge is -2.47. The van der Waals surface area contributed by atoms with E-state index >= 15 is 0 Å². The van der Waals surface area contributed by atoms with Gasteiger partial charge in [-0.15, -0.1) is 0 Å². The molecule has 2 atom stereocenters. The molecule has 3 rings (SSSR count). The highest BCUT2D eigenvalue weighted by atomic mass is 19.1. The van der Waals surface area contributed by atoms with Gasteiger partial charge in [0, 0.05) is 30.6 Å². The summed E-state index contributed by atoms with van der Waals surface area (Å²) in [5.74, 6) is 0.181. The zero-order chi connectivity index (χ0) is 12.7. The molecule has 18 heavy (non-hydrogen) atoms. The molecule has 2 nitrogen and oxygen atoms in total. The molecule has 2 bridgehead atoms. The van der Waals surface area contributed by atoms with E-state index in [1.165, 1.54) is 12.5 Å². The highest BCUT2D eigenvalue weighted by molar-refractivity contribution is 5.83. The molecular weight excluding hydrogens is 229 g/mol. The van der Waals surface area contributed by atoms with E-state index in [9.17, 15) is 9.18 Å². The van der Waals surface area contributed by atoms with Crippen LogP contribution >= 0.6 is 0 Å². The van der Waals surface area contributed by atoms with Gasteiger partial charge in [0.2, 0.25) is 0 Å². The van der Waals surface area contributed by atoms with Crippen LogP contribution in [0.25, 0.3) is 0 Å². The zero-order valence-corrected chi connectivity index (χ0v) is 10.7. The summed E-state index contributed by atoms with van der Waals surface area (Å²) in [4.78, 5) is 14.0. The lowest BCUT2D eigenvalue weighted by Crippen LogP contribution is -2.52. The number of hydrogen-bond donors (Lipinski definition) is 0. The second-order valence-electron chi connectivity index (χ2n) is 5.52. The number of nitrogens with zero attached hydrogens (tertiary/aromatic N) is 1. The van der Waals surface area contributed by atoms with Gasteiger partial charge in [-0.25, -0.2) is 4.39 Å². The van der Waals surface area contributed by atoms with Crippen molar-refractivity contribution < 1.29 is 9.18 Å². The van der Waals surface area contributed by atoms with E-state index in [2.05, 4.69) is 4.90 Å². The first-order chi connectivity index (χ1) is 8.65. The van der Waals surface area contributed by atoms with Crippen LogP contribution in [0, 0.1) is 12.7 Å². The lowest BCUT2D eigenvalue weighted by molar-refractivity contribution is -0.121. The summed E-state index contributed by atoms with van der Waals surface area (Å²) >= 11 is 0. The number of benzene rings is 1. The lowest BCUT2D eigenvalue weighted by atomic mass is 9.83. The Morgan fingerprint density at radius 2 is 1.89 bits per heavy atom. The Morgan fingerprint density at radius 1 is 1.22 bits per heavy atom. The monoisotopic (exact) mass is 247 g/mol. The average Bonchev–Trinajstić information content (AvgIpc) is 2.31. The van der Waals surface area contributed by atoms with Gasteiger partial charge in [-0.1, -0.05) is 6.07 Å². The van der Waals surface area contributed by atoms with E-state index in [0.29, 0.717) is 18.6 Å². The number of hydrogen-bond acceptors (Lipinski definition) is 2. The molecule has 0 N–H and O–H groups in total. The fourth-order valence-corrected chi connectivity index (χ4v) is 3.43. The van der Waals surface area contributed by atoms with Crippen molar-refractivity contribution in [3.63, 3.8) is 0 Å². The molecule has 2 unspecified atom stereocenters. The number of piperidine rings is 2. The minimum atomic E-state index is -0.189. The first-order valence-corrected chi connectivity index (χ1v) is 6.71. The van der Waals surface area contributed by atoms with E-state index in [1.807, 2.05) is 13.0 Å². The largest absolute Gasteiger partial charge is 0.364 e. The minimum absolute atomic E-state index is 0.189. The quantitative estimate of drug-likeness (QED) is 0.759. The number of Topliss-reactive ketones (excluding diaryl/α,β-unsaturated/α-hetero) is 1. The average molecular weight is 247 g/mol. The molecule has 1 aromatic carbocycles. The van der Waals surface area contributed by atoms with Gasteiger partial charge in [0.15, 0.2) is 0 Å². The Morgan fingerprint density at radius 3 is 2.56 bits per heavy atom. The number of carbonyl (C=O) groups excluding carboxylic acids is 1. The Balaban J connectivity index is 2.00. The summed E-state index contributed by atoms with van der Waals surface area (Å²) < 4.78 is 13.5. The SMILES string of the molecule is Cc1ccc(F)cc1N1C2CCCC1CC(=O)C2. The molecule has 2 aliphatic heterocycles. The topological polar surface area (TPSA) is 20.3 Å². The summed E-state index contributed by atoms with van der Waals surface area (Å²) in [6.45, 7) is 2.01. The summed E-state index contributed by atoms with van der Waals surface area (Å²) in [6, 6.07) is 5.52. The molecule has 2 saturated heterocycles. The van der Waals surface area contributed by atoms with E-state index in [4.69, 9.17) is 0 Å². The first-order valence-electron chi connectivity index (χ1n) is 6.71. The maximum atomic E-state index is 13.5. The van der Waals surface area contributed by atoms with Crippen LogP contribution in [0.5, 0.6) is 0 Å². The van der Waals surface area contributed by atoms with Crippen LogP contribution in [0.1, 0.15) is 37.7 Å². The van der Waals surface area contributed by atoms with Crippen molar-refractivity contribution >= 4 is 11.5 Å². The molecule has 0 spiro atoms. The Labute approximate surface area is 107 Å². The third-order valence-corrected chi connectivity index (χ3v) is 4.24. The van der Waals surface area contributed by atoms with Gasteiger partial charge < -0.3 is 4.90 Å². The van der Waals surface area contributed by atoms with Gasteiger partial charge in [0.25, 0.3) is 0 Å². The van der Waals surface area contributed by atoms with Gasteiger partial charge >= 0.3 is 0 Å². The second kappa shape index (κ2) is 4.38. The van der Waals surface area contributed by atoms with Crippen LogP contribution in [0.4, 0.5) is 10.1 Å². The normalized spacial score (nSPS) is 27.4. The molecule has 3 heteroatoms. The zero-order valence-electron chi connectivity index (χ0n) is 10.7. The van der Waals surface area contributed by atoms with Gasteiger partial charge in [-0.05, 0) is 43.9 Å². The van der Waals surface area contributed by atoms with Crippen LogP contribution in [-0.4, -0.2) is 17.9 Å². The van der Waals surface area contributed by atoms with Crippen LogP contribution in [0.3, 0.4) is 0 Å². The van der Waals surface area contributed by atoms with Gasteiger partial charge in [0.1, 0.15) is 11.6 Å². The van der Waals surface area contributed by atoms with Crippen molar-refractivity contribution in [3.8, 4) is 0 Å². The number of rotatable bonds is 1. The van der Waals surface area contributed by atoms with E-state index < -0.39 is 0 Å². The molecule has 2 fully saturated rings. The molecule has 96 valence electrons. The summed E-state index contributed by atoms with van der Waals surface area (Å²) in [6.07, 6.45) is 4.56. The predicted octanol–water partition coefficient (Wildman–Crippen LogP) is 3.22. The van der Waals surface area contributed by atoms with Crippen LogP contribution in [-0.2, 0) is 4.79 Å². The number of ketones is 1. The van der Waals surface area contributed by atoms with Crippen molar-refractivity contribution in [2.24, 2.45) is 0 Å². The summed E-state index contributed by atoms with van der Waals surface area (Å²) in [5, 5.41) is 0. The molecule has 0 aliphatic carbocycles. The van der Waals surface area contributed by atoms with Crippen molar-refractivity contribution in [1.29, 1.82) is 0 Å². The van der Waals surface area contributed by atoms with Crippen molar-refractivity contribution in [1.82, 2.24) is 0 Å². The highest BCUT2D eigenvalue weighted by Gasteiger charge is 2.38. The second-order valence-corrected chi connectivity index (χ2v) is 5.52. The number of halogens is 1. The molecular formula is C15H18FNO. The Hall–Kier alpha value is -1.38. The Kier molecular flexibility index (Phi) is 2.84. The van der Waals surface area contributed by atoms with E-state index in [-0.39, 0.29) is 17.9 Å². The van der Waals surface area contributed by atoms with Crippen molar-refractivity contribution in [2.75, 3.05) is 4.90 Å². The predicted molar refractivity (Wildman–Crippen MR) is 69.3 cm³/mol. The molecule has 0 aromatic heterocycles. The van der Waals surface area contributed by atoms with Gasteiger partial charge in [-0.2, -0.15) is 0 Å². The van der Waals surface area contributed by atoms with Crippen molar-refractivity contribution in [3.05, 3.63) is 29.6 Å². The fraction of sp³-hybridized carbons (Fsp3) is 0.533. The molecule has 2 aliphatic rings. The van der Waals surface area contributed by atoms with Gasteiger partial charge in [0.05, 0.1) is 0 Å². The third kappa shape index (κ3) is 1.92. The van der Waals surface area contributed by atoms with Crippen LogP contribution in [0.2, 0.25) is 0 Å². The molecule has 0 radical (unpaired) electrons. The molecule has 0 amide bonds. The number of aryl methyl sites for hydroxylation is 1. The molecule has 0 saturated carbocycles. The smallest absolute Gasteiger partial charge is 0.137 e. The highest BCUT2D eigenvalue weighted by Crippen LogP contribution is 2.37.